The van der Waals surface area contributed by atoms with Crippen molar-refractivity contribution in [2.24, 2.45) is 0 Å². The van der Waals surface area contributed by atoms with Crippen LogP contribution in [0.25, 0.3) is 0 Å². The van der Waals surface area contributed by atoms with Crippen LogP contribution >= 0.6 is 0 Å². The molecule has 9 heteroatoms. The van der Waals surface area contributed by atoms with Crippen LogP contribution in [0.3, 0.4) is 0 Å². The molecule has 0 aliphatic carbocycles. The smallest absolute Gasteiger partial charge is 0.244 e. The number of unbranched alkanes of at least 4 members (excludes halogenated alkanes) is 1. The molecule has 0 radical (unpaired) electrons. The predicted octanol–water partition coefficient (Wildman–Crippen LogP) is 3.32. The van der Waals surface area contributed by atoms with E-state index in [0.717, 1.165) is 35.0 Å². The van der Waals surface area contributed by atoms with Gasteiger partial charge in [-0.3, -0.25) is 13.9 Å². The summed E-state index contributed by atoms with van der Waals surface area (Å²) in [5.74, 6) is -1.45. The highest BCUT2D eigenvalue weighted by Crippen LogP contribution is 2.20. The molecule has 0 saturated heterocycles. The van der Waals surface area contributed by atoms with Gasteiger partial charge in [0.05, 0.1) is 11.9 Å². The molecule has 33 heavy (non-hydrogen) atoms. The van der Waals surface area contributed by atoms with E-state index in [9.17, 15) is 22.4 Å². The van der Waals surface area contributed by atoms with Crippen molar-refractivity contribution in [1.82, 2.24) is 10.2 Å². The molecule has 1 N–H and O–H groups in total. The zero-order chi connectivity index (χ0) is 24.4. The van der Waals surface area contributed by atoms with Crippen molar-refractivity contribution in [3.63, 3.8) is 0 Å². The molecule has 7 nitrogen and oxygen atoms in total. The number of amides is 2. The Morgan fingerprint density at radius 2 is 1.76 bits per heavy atom. The number of hydrogen-bond donors (Lipinski definition) is 1. The summed E-state index contributed by atoms with van der Waals surface area (Å²) in [6, 6.07) is 13.5. The van der Waals surface area contributed by atoms with Gasteiger partial charge in [-0.15, -0.1) is 0 Å². The van der Waals surface area contributed by atoms with Gasteiger partial charge in [-0.05, 0) is 36.6 Å². The molecule has 0 saturated carbocycles. The van der Waals surface area contributed by atoms with Crippen molar-refractivity contribution in [3.8, 4) is 0 Å². The Morgan fingerprint density at radius 3 is 2.33 bits per heavy atom. The van der Waals surface area contributed by atoms with E-state index in [0.29, 0.717) is 13.0 Å². The van der Waals surface area contributed by atoms with Gasteiger partial charge in [0.2, 0.25) is 21.8 Å². The topological polar surface area (TPSA) is 86.8 Å². The molecule has 0 bridgehead atoms. The van der Waals surface area contributed by atoms with E-state index in [1.807, 2.05) is 37.3 Å². The lowest BCUT2D eigenvalue weighted by Gasteiger charge is -2.32. The lowest BCUT2D eigenvalue weighted by molar-refractivity contribution is -0.140. The fourth-order valence-corrected chi connectivity index (χ4v) is 4.29. The Balaban J connectivity index is 2.37. The molecular formula is C24H32FN3O4S. The van der Waals surface area contributed by atoms with Crippen LogP contribution in [0.2, 0.25) is 0 Å². The molecule has 180 valence electrons. The number of nitrogens with zero attached hydrogens (tertiary/aromatic N) is 2. The minimum Gasteiger partial charge on any atom is -0.354 e. The summed E-state index contributed by atoms with van der Waals surface area (Å²) in [6.07, 6.45) is 3.05. The van der Waals surface area contributed by atoms with Crippen LogP contribution in [0.1, 0.15) is 38.7 Å². The van der Waals surface area contributed by atoms with E-state index in [2.05, 4.69) is 5.32 Å². The van der Waals surface area contributed by atoms with Gasteiger partial charge in [-0.1, -0.05) is 56.7 Å². The van der Waals surface area contributed by atoms with Gasteiger partial charge < -0.3 is 10.2 Å². The summed E-state index contributed by atoms with van der Waals surface area (Å²) >= 11 is 0. The zero-order valence-corrected chi connectivity index (χ0v) is 20.1. The molecule has 2 amide bonds. The predicted molar refractivity (Wildman–Crippen MR) is 128 cm³/mol. The third-order valence-electron chi connectivity index (χ3n) is 5.19. The van der Waals surface area contributed by atoms with Crippen LogP contribution in [0.4, 0.5) is 10.1 Å². The molecule has 2 aromatic rings. The van der Waals surface area contributed by atoms with Gasteiger partial charge in [0.1, 0.15) is 18.4 Å². The second-order valence-electron chi connectivity index (χ2n) is 7.83. The van der Waals surface area contributed by atoms with Crippen molar-refractivity contribution in [2.45, 2.75) is 45.7 Å². The number of benzene rings is 2. The number of anilines is 1. The minimum atomic E-state index is -3.89. The van der Waals surface area contributed by atoms with E-state index < -0.39 is 34.3 Å². The standard InChI is InChI=1S/C24H32FN3O4S/c1-4-6-15-26-24(30)22(5-2)27(17-19-11-8-7-9-12-19)23(29)18-28(33(3,31)32)21-14-10-13-20(25)16-21/h7-14,16,22H,4-6,15,17-18H2,1-3H3,(H,26,30). The van der Waals surface area contributed by atoms with Gasteiger partial charge in [0.15, 0.2) is 0 Å². The van der Waals surface area contributed by atoms with E-state index in [4.69, 9.17) is 0 Å². The summed E-state index contributed by atoms with van der Waals surface area (Å²) in [4.78, 5) is 27.7. The Bertz CT molecular complexity index is 1030. The SMILES string of the molecule is CCCCNC(=O)C(CC)N(Cc1ccccc1)C(=O)CN(c1cccc(F)c1)S(C)(=O)=O. The summed E-state index contributed by atoms with van der Waals surface area (Å²) < 4.78 is 39.5. The van der Waals surface area contributed by atoms with Crippen LogP contribution in [0.5, 0.6) is 0 Å². The second kappa shape index (κ2) is 12.3. The Hall–Kier alpha value is -2.94. The lowest BCUT2D eigenvalue weighted by atomic mass is 10.1. The maximum absolute atomic E-state index is 13.8. The summed E-state index contributed by atoms with van der Waals surface area (Å²) in [6.45, 7) is 3.91. The van der Waals surface area contributed by atoms with E-state index in [-0.39, 0.29) is 18.1 Å². The number of halogens is 1. The molecule has 2 aromatic carbocycles. The monoisotopic (exact) mass is 477 g/mol. The van der Waals surface area contributed by atoms with Crippen molar-refractivity contribution < 1.29 is 22.4 Å². The van der Waals surface area contributed by atoms with Gasteiger partial charge >= 0.3 is 0 Å². The van der Waals surface area contributed by atoms with E-state index >= 15 is 0 Å². The molecule has 0 aliphatic heterocycles. The number of rotatable bonds is 12. The van der Waals surface area contributed by atoms with Crippen molar-refractivity contribution in [1.29, 1.82) is 0 Å². The average Bonchev–Trinajstić information content (AvgIpc) is 2.77. The second-order valence-corrected chi connectivity index (χ2v) is 9.73. The first-order chi connectivity index (χ1) is 15.7. The summed E-state index contributed by atoms with van der Waals surface area (Å²) in [7, 11) is -3.89. The van der Waals surface area contributed by atoms with Gasteiger partial charge in [-0.2, -0.15) is 0 Å². The van der Waals surface area contributed by atoms with Crippen LogP contribution in [0, 0.1) is 5.82 Å². The number of sulfonamides is 1. The molecule has 0 aliphatic rings. The van der Waals surface area contributed by atoms with E-state index in [1.165, 1.54) is 23.1 Å². The Labute approximate surface area is 195 Å². The molecular weight excluding hydrogens is 445 g/mol. The van der Waals surface area contributed by atoms with Crippen LogP contribution in [-0.4, -0.2) is 50.5 Å². The molecule has 0 fully saturated rings. The first kappa shape index (κ1) is 26.3. The van der Waals surface area contributed by atoms with Crippen LogP contribution in [-0.2, 0) is 26.2 Å². The van der Waals surface area contributed by atoms with Gasteiger partial charge in [0, 0.05) is 13.1 Å². The van der Waals surface area contributed by atoms with Gasteiger partial charge in [-0.25, -0.2) is 12.8 Å². The Kier molecular flexibility index (Phi) is 9.84. The lowest BCUT2D eigenvalue weighted by Crippen LogP contribution is -2.52. The molecule has 0 aromatic heterocycles. The highest BCUT2D eigenvalue weighted by Gasteiger charge is 2.31. The first-order valence-electron chi connectivity index (χ1n) is 11.0. The molecule has 2 rings (SSSR count). The fourth-order valence-electron chi connectivity index (χ4n) is 3.45. The van der Waals surface area contributed by atoms with Gasteiger partial charge in [0.25, 0.3) is 0 Å². The molecule has 1 atom stereocenters. The number of carbonyl (C=O) groups is 2. The quantitative estimate of drug-likeness (QED) is 0.475. The maximum atomic E-state index is 13.8. The molecule has 0 spiro atoms. The molecule has 1 unspecified atom stereocenters. The molecule has 0 heterocycles. The number of carbonyl (C=O) groups excluding carboxylic acids is 2. The number of hydrogen-bond acceptors (Lipinski definition) is 4. The van der Waals surface area contributed by atoms with Crippen LogP contribution in [0.15, 0.2) is 54.6 Å². The Morgan fingerprint density at radius 1 is 1.06 bits per heavy atom. The maximum Gasteiger partial charge on any atom is 0.244 e. The number of nitrogens with one attached hydrogen (secondary N) is 1. The van der Waals surface area contributed by atoms with Crippen LogP contribution < -0.4 is 9.62 Å². The zero-order valence-electron chi connectivity index (χ0n) is 19.3. The third-order valence-corrected chi connectivity index (χ3v) is 6.33. The van der Waals surface area contributed by atoms with E-state index in [1.54, 1.807) is 6.92 Å². The normalized spacial score (nSPS) is 12.1. The third kappa shape index (κ3) is 7.85. The summed E-state index contributed by atoms with van der Waals surface area (Å²) in [5.41, 5.74) is 0.855. The fraction of sp³-hybridized carbons (Fsp3) is 0.417. The highest BCUT2D eigenvalue weighted by molar-refractivity contribution is 7.92. The van der Waals surface area contributed by atoms with Crippen molar-refractivity contribution in [3.05, 3.63) is 66.0 Å². The average molecular weight is 478 g/mol. The van der Waals surface area contributed by atoms with Crippen molar-refractivity contribution >= 4 is 27.5 Å². The van der Waals surface area contributed by atoms with Crippen molar-refractivity contribution in [2.75, 3.05) is 23.7 Å². The highest BCUT2D eigenvalue weighted by atomic mass is 32.2. The largest absolute Gasteiger partial charge is 0.354 e. The minimum absolute atomic E-state index is 0.0472. The summed E-state index contributed by atoms with van der Waals surface area (Å²) in [5, 5.41) is 2.86. The first-order valence-corrected chi connectivity index (χ1v) is 12.9.